The molecule has 0 unspecified atom stereocenters. The fraction of sp³-hybridized carbons (Fsp3) is 0.421. The summed E-state index contributed by atoms with van der Waals surface area (Å²) >= 11 is 5.97. The summed E-state index contributed by atoms with van der Waals surface area (Å²) in [4.78, 5) is 20.1. The van der Waals surface area contributed by atoms with E-state index in [1.807, 2.05) is 38.1 Å². The first-order valence-electron chi connectivity index (χ1n) is 8.66. The average molecular weight is 362 g/mol. The van der Waals surface area contributed by atoms with Crippen LogP contribution in [0, 0.1) is 0 Å². The number of nitrogens with zero attached hydrogens (tertiary/aromatic N) is 2. The maximum absolute atomic E-state index is 11.6. The molecular formula is C19H24ClN3O2. The van der Waals surface area contributed by atoms with Crippen molar-refractivity contribution < 1.29 is 9.53 Å². The number of carbonyl (C=O) groups is 1. The standard InChI is InChI=1S/C17H18ClN3O2.C2H6/c1-2-23-15(22)12-10-19-16(20-11-12)21-17(8-3-9-17)13-4-6-14(18)7-5-13;1-2/h4-7,10-11H,2-3,8-9H2,1H3,(H,19,20,21);1-2H3. The molecular weight excluding hydrogens is 338 g/mol. The first-order valence-corrected chi connectivity index (χ1v) is 9.04. The minimum atomic E-state index is -0.407. The van der Waals surface area contributed by atoms with Gasteiger partial charge in [0.2, 0.25) is 5.95 Å². The highest BCUT2D eigenvalue weighted by Gasteiger charge is 2.39. The van der Waals surface area contributed by atoms with Gasteiger partial charge < -0.3 is 10.1 Å². The van der Waals surface area contributed by atoms with Crippen LogP contribution in [0.2, 0.25) is 5.02 Å². The van der Waals surface area contributed by atoms with E-state index >= 15 is 0 Å². The lowest BCUT2D eigenvalue weighted by Gasteiger charge is -2.43. The molecule has 1 N–H and O–H groups in total. The number of rotatable bonds is 5. The zero-order chi connectivity index (χ0) is 18.3. The van der Waals surface area contributed by atoms with E-state index in [1.54, 1.807) is 6.92 Å². The highest BCUT2D eigenvalue weighted by Crippen LogP contribution is 2.43. The number of aromatic nitrogens is 2. The third-order valence-corrected chi connectivity index (χ3v) is 4.37. The number of carbonyl (C=O) groups excluding carboxylic acids is 1. The van der Waals surface area contributed by atoms with Crippen LogP contribution >= 0.6 is 11.6 Å². The Balaban J connectivity index is 0.00000109. The van der Waals surface area contributed by atoms with Gasteiger partial charge in [-0.15, -0.1) is 0 Å². The Hall–Kier alpha value is -2.14. The number of ether oxygens (including phenoxy) is 1. The van der Waals surface area contributed by atoms with Crippen LogP contribution in [-0.2, 0) is 10.3 Å². The van der Waals surface area contributed by atoms with Gasteiger partial charge in [-0.3, -0.25) is 0 Å². The maximum atomic E-state index is 11.6. The van der Waals surface area contributed by atoms with Crippen molar-refractivity contribution in [3.63, 3.8) is 0 Å². The SMILES string of the molecule is CC.CCOC(=O)c1cnc(NC2(c3ccc(Cl)cc3)CCC2)nc1. The number of hydrogen-bond acceptors (Lipinski definition) is 5. The molecule has 5 nitrogen and oxygen atoms in total. The van der Waals surface area contributed by atoms with E-state index in [0.29, 0.717) is 18.1 Å². The van der Waals surface area contributed by atoms with Crippen LogP contribution in [0.1, 0.15) is 56.0 Å². The molecule has 0 bridgehead atoms. The molecule has 1 saturated carbocycles. The van der Waals surface area contributed by atoms with E-state index in [4.69, 9.17) is 16.3 Å². The molecule has 0 spiro atoms. The second kappa shape index (κ2) is 8.81. The average Bonchev–Trinajstić information content (AvgIpc) is 2.61. The molecule has 0 aliphatic heterocycles. The van der Waals surface area contributed by atoms with E-state index in [9.17, 15) is 4.79 Å². The van der Waals surface area contributed by atoms with Crippen molar-refractivity contribution in [2.45, 2.75) is 45.6 Å². The Morgan fingerprint density at radius 2 is 1.80 bits per heavy atom. The minimum Gasteiger partial charge on any atom is -0.462 e. The molecule has 0 saturated heterocycles. The topological polar surface area (TPSA) is 64.1 Å². The van der Waals surface area contributed by atoms with Gasteiger partial charge in [-0.05, 0) is 43.9 Å². The van der Waals surface area contributed by atoms with Crippen LogP contribution in [0.15, 0.2) is 36.7 Å². The predicted octanol–water partition coefficient (Wildman–Crippen LogP) is 4.82. The summed E-state index contributed by atoms with van der Waals surface area (Å²) in [5.74, 6) is 0.0998. The van der Waals surface area contributed by atoms with Gasteiger partial charge in [0.1, 0.15) is 0 Å². The highest BCUT2D eigenvalue weighted by atomic mass is 35.5. The van der Waals surface area contributed by atoms with E-state index in [-0.39, 0.29) is 5.54 Å². The van der Waals surface area contributed by atoms with Crippen LogP contribution < -0.4 is 5.32 Å². The van der Waals surface area contributed by atoms with Crippen LogP contribution in [0.4, 0.5) is 5.95 Å². The summed E-state index contributed by atoms with van der Waals surface area (Å²) in [5, 5.41) is 4.13. The van der Waals surface area contributed by atoms with Crippen molar-refractivity contribution in [2.75, 3.05) is 11.9 Å². The normalized spacial score (nSPS) is 14.6. The lowest BCUT2D eigenvalue weighted by atomic mass is 9.72. The lowest BCUT2D eigenvalue weighted by Crippen LogP contribution is -2.42. The quantitative estimate of drug-likeness (QED) is 0.773. The third-order valence-electron chi connectivity index (χ3n) is 4.12. The lowest BCUT2D eigenvalue weighted by molar-refractivity contribution is 0.0525. The molecule has 1 heterocycles. The van der Waals surface area contributed by atoms with E-state index < -0.39 is 5.97 Å². The van der Waals surface area contributed by atoms with Crippen LogP contribution in [-0.4, -0.2) is 22.5 Å². The molecule has 1 aromatic heterocycles. The number of nitrogens with one attached hydrogen (secondary N) is 1. The number of anilines is 1. The highest BCUT2D eigenvalue weighted by molar-refractivity contribution is 6.30. The first kappa shape index (κ1) is 19.2. The second-order valence-corrected chi connectivity index (χ2v) is 6.02. The number of esters is 1. The third kappa shape index (κ3) is 4.48. The molecule has 134 valence electrons. The van der Waals surface area contributed by atoms with Gasteiger partial charge in [0.05, 0.1) is 17.7 Å². The summed E-state index contributed by atoms with van der Waals surface area (Å²) in [6.07, 6.45) is 6.15. The number of hydrogen-bond donors (Lipinski definition) is 1. The van der Waals surface area contributed by atoms with E-state index in [1.165, 1.54) is 18.0 Å². The van der Waals surface area contributed by atoms with Gasteiger partial charge in [-0.25, -0.2) is 14.8 Å². The molecule has 1 aromatic carbocycles. The fourth-order valence-electron chi connectivity index (χ4n) is 2.71. The van der Waals surface area contributed by atoms with Crippen molar-refractivity contribution in [1.29, 1.82) is 0 Å². The zero-order valence-electron chi connectivity index (χ0n) is 14.9. The van der Waals surface area contributed by atoms with Gasteiger partial charge in [-0.2, -0.15) is 0 Å². The number of benzene rings is 1. The molecule has 1 aliphatic carbocycles. The molecule has 3 rings (SSSR count). The van der Waals surface area contributed by atoms with Crippen LogP contribution in [0.5, 0.6) is 0 Å². The Labute approximate surface area is 153 Å². The second-order valence-electron chi connectivity index (χ2n) is 5.58. The molecule has 0 atom stereocenters. The Morgan fingerprint density at radius 1 is 1.20 bits per heavy atom. The van der Waals surface area contributed by atoms with Gasteiger partial charge in [0.15, 0.2) is 0 Å². The smallest absolute Gasteiger partial charge is 0.341 e. The minimum absolute atomic E-state index is 0.157. The largest absolute Gasteiger partial charge is 0.462 e. The molecule has 0 amide bonds. The number of halogens is 1. The van der Waals surface area contributed by atoms with Gasteiger partial charge in [0.25, 0.3) is 0 Å². The van der Waals surface area contributed by atoms with E-state index in [0.717, 1.165) is 24.3 Å². The summed E-state index contributed by atoms with van der Waals surface area (Å²) in [6, 6.07) is 7.84. The van der Waals surface area contributed by atoms with Gasteiger partial charge in [-0.1, -0.05) is 37.6 Å². The Bertz CT molecular complexity index is 683. The molecule has 1 fully saturated rings. The van der Waals surface area contributed by atoms with Crippen LogP contribution in [0.25, 0.3) is 0 Å². The summed E-state index contributed by atoms with van der Waals surface area (Å²) in [6.45, 7) is 6.10. The van der Waals surface area contributed by atoms with Gasteiger partial charge in [0, 0.05) is 17.4 Å². The molecule has 25 heavy (non-hydrogen) atoms. The molecule has 6 heteroatoms. The summed E-state index contributed by atoms with van der Waals surface area (Å²) < 4.78 is 4.93. The molecule has 2 aromatic rings. The van der Waals surface area contributed by atoms with Crippen molar-refractivity contribution in [3.05, 3.63) is 52.8 Å². The predicted molar refractivity (Wildman–Crippen MR) is 99.9 cm³/mol. The maximum Gasteiger partial charge on any atom is 0.341 e. The fourth-order valence-corrected chi connectivity index (χ4v) is 2.84. The van der Waals surface area contributed by atoms with Crippen molar-refractivity contribution in [1.82, 2.24) is 9.97 Å². The summed E-state index contributed by atoms with van der Waals surface area (Å²) in [7, 11) is 0. The van der Waals surface area contributed by atoms with E-state index in [2.05, 4.69) is 15.3 Å². The van der Waals surface area contributed by atoms with Crippen molar-refractivity contribution in [3.8, 4) is 0 Å². The van der Waals surface area contributed by atoms with Gasteiger partial charge >= 0.3 is 5.97 Å². The first-order chi connectivity index (χ1) is 12.1. The Kier molecular flexibility index (Phi) is 6.76. The van der Waals surface area contributed by atoms with Crippen LogP contribution in [0.3, 0.4) is 0 Å². The molecule has 1 aliphatic rings. The zero-order valence-corrected chi connectivity index (χ0v) is 15.6. The van der Waals surface area contributed by atoms with Crippen molar-refractivity contribution in [2.24, 2.45) is 0 Å². The monoisotopic (exact) mass is 361 g/mol. The summed E-state index contributed by atoms with van der Waals surface area (Å²) in [5.41, 5.74) is 1.37. The molecule has 0 radical (unpaired) electrons. The van der Waals surface area contributed by atoms with Crippen molar-refractivity contribution >= 4 is 23.5 Å². The Morgan fingerprint density at radius 3 is 2.28 bits per heavy atom.